The fourth-order valence-electron chi connectivity index (χ4n) is 1.82. The van der Waals surface area contributed by atoms with Crippen LogP contribution in [-0.4, -0.2) is 35.1 Å². The number of carbonyl (C=O) groups excluding carboxylic acids is 2. The van der Waals surface area contributed by atoms with Crippen LogP contribution in [0.5, 0.6) is 0 Å². The minimum atomic E-state index is -0.751. The van der Waals surface area contributed by atoms with Crippen LogP contribution in [0.15, 0.2) is 24.3 Å². The van der Waals surface area contributed by atoms with E-state index in [2.05, 4.69) is 0 Å². The highest BCUT2D eigenvalue weighted by molar-refractivity contribution is 6.17. The second-order valence-electron chi connectivity index (χ2n) is 4.53. The van der Waals surface area contributed by atoms with Crippen molar-refractivity contribution in [2.75, 3.05) is 6.07 Å². The van der Waals surface area contributed by atoms with Crippen LogP contribution in [-0.2, 0) is 4.74 Å². The Kier molecular flexibility index (Phi) is 4.07. The maximum absolute atomic E-state index is 12.3. The topological polar surface area (TPSA) is 72.6 Å². The quantitative estimate of drug-likeness (QED) is 0.859. The van der Waals surface area contributed by atoms with Gasteiger partial charge in [-0.2, -0.15) is 0 Å². The molecule has 0 spiro atoms. The molecule has 1 saturated carbocycles. The van der Waals surface area contributed by atoms with Gasteiger partial charge in [-0.25, -0.2) is 9.69 Å². The maximum atomic E-state index is 12.3. The normalized spacial score (nSPS) is 20.8. The van der Waals surface area contributed by atoms with Crippen LogP contribution in [0, 0.1) is 6.92 Å². The number of hydrogen-bond acceptors (Lipinski definition) is 4. The Labute approximate surface area is 116 Å². The highest BCUT2D eigenvalue weighted by Gasteiger charge is 2.45. The third-order valence-electron chi connectivity index (χ3n) is 3.03. The molecule has 1 aliphatic carbocycles. The van der Waals surface area contributed by atoms with Gasteiger partial charge in [-0.1, -0.05) is 29.3 Å². The van der Waals surface area contributed by atoms with E-state index in [1.165, 1.54) is 0 Å². The third-order valence-corrected chi connectivity index (χ3v) is 3.14. The number of imide groups is 1. The Bertz CT molecular complexity index is 489. The second-order valence-corrected chi connectivity index (χ2v) is 4.75. The second kappa shape index (κ2) is 5.59. The fraction of sp³-hybridized carbons (Fsp3) is 0.385. The standard InChI is InChI=1S/C13H15ClN2O3/c1-8-2-4-9(5-3-8)12(17)16(11-6-10(11)15)13(18)19-7-14/h2-5,10-11H,6-7,15H2,1H3. The maximum Gasteiger partial charge on any atom is 0.418 e. The van der Waals surface area contributed by atoms with Crippen LogP contribution >= 0.6 is 11.6 Å². The lowest BCUT2D eigenvalue weighted by Crippen LogP contribution is -2.41. The summed E-state index contributed by atoms with van der Waals surface area (Å²) in [5.74, 6) is -0.409. The average molecular weight is 283 g/mol. The molecule has 2 unspecified atom stereocenters. The number of carbonyl (C=O) groups is 2. The lowest BCUT2D eigenvalue weighted by Gasteiger charge is -2.19. The highest BCUT2D eigenvalue weighted by Crippen LogP contribution is 2.28. The first kappa shape index (κ1) is 13.8. The van der Waals surface area contributed by atoms with Crippen LogP contribution < -0.4 is 5.73 Å². The number of aryl methyl sites for hydroxylation is 1. The van der Waals surface area contributed by atoms with Crippen LogP contribution in [0.25, 0.3) is 0 Å². The van der Waals surface area contributed by atoms with Gasteiger partial charge in [-0.05, 0) is 25.5 Å². The van der Waals surface area contributed by atoms with Gasteiger partial charge < -0.3 is 10.5 Å². The minimum absolute atomic E-state index is 0.183. The molecule has 1 aromatic rings. The van der Waals surface area contributed by atoms with E-state index in [0.29, 0.717) is 12.0 Å². The summed E-state index contributed by atoms with van der Waals surface area (Å²) in [5, 5.41) is 0. The van der Waals surface area contributed by atoms with Crippen molar-refractivity contribution in [3.8, 4) is 0 Å². The molecule has 19 heavy (non-hydrogen) atoms. The number of alkyl halides is 1. The summed E-state index contributed by atoms with van der Waals surface area (Å²) in [7, 11) is 0. The van der Waals surface area contributed by atoms with Gasteiger partial charge in [-0.15, -0.1) is 0 Å². The monoisotopic (exact) mass is 282 g/mol. The third kappa shape index (κ3) is 3.05. The highest BCUT2D eigenvalue weighted by atomic mass is 35.5. The first-order valence-corrected chi connectivity index (χ1v) is 6.46. The van der Waals surface area contributed by atoms with E-state index < -0.39 is 12.0 Å². The molecule has 0 saturated heterocycles. The average Bonchev–Trinajstić information content (AvgIpc) is 3.07. The van der Waals surface area contributed by atoms with E-state index in [1.54, 1.807) is 12.1 Å². The molecular weight excluding hydrogens is 268 g/mol. The SMILES string of the molecule is Cc1ccc(C(=O)N(C(=O)OCCl)C2CC2N)cc1. The number of amides is 2. The number of benzene rings is 1. The number of rotatable bonds is 3. The van der Waals surface area contributed by atoms with Crippen molar-refractivity contribution >= 4 is 23.6 Å². The molecule has 0 aromatic heterocycles. The van der Waals surface area contributed by atoms with Crippen molar-refractivity contribution in [1.29, 1.82) is 0 Å². The van der Waals surface area contributed by atoms with Gasteiger partial charge in [0.2, 0.25) is 0 Å². The van der Waals surface area contributed by atoms with Crippen molar-refractivity contribution in [2.45, 2.75) is 25.4 Å². The molecule has 102 valence electrons. The zero-order valence-corrected chi connectivity index (χ0v) is 11.3. The van der Waals surface area contributed by atoms with Gasteiger partial charge in [0.25, 0.3) is 5.91 Å². The van der Waals surface area contributed by atoms with Crippen molar-refractivity contribution in [3.63, 3.8) is 0 Å². The molecule has 0 heterocycles. The van der Waals surface area contributed by atoms with Crippen LogP contribution in [0.4, 0.5) is 4.79 Å². The number of nitrogens with zero attached hydrogens (tertiary/aromatic N) is 1. The Morgan fingerprint density at radius 1 is 1.42 bits per heavy atom. The molecule has 6 heteroatoms. The predicted octanol–water partition coefficient (Wildman–Crippen LogP) is 1.87. The van der Waals surface area contributed by atoms with E-state index in [0.717, 1.165) is 10.5 Å². The summed E-state index contributed by atoms with van der Waals surface area (Å²) in [6.45, 7) is 1.92. The summed E-state index contributed by atoms with van der Waals surface area (Å²) in [6, 6.07) is 6.19. The van der Waals surface area contributed by atoms with Gasteiger partial charge in [0.15, 0.2) is 6.07 Å². The predicted molar refractivity (Wildman–Crippen MR) is 70.9 cm³/mol. The van der Waals surface area contributed by atoms with E-state index in [-0.39, 0.29) is 18.1 Å². The first-order chi connectivity index (χ1) is 9.04. The van der Waals surface area contributed by atoms with Gasteiger partial charge >= 0.3 is 6.09 Å². The number of halogens is 1. The minimum Gasteiger partial charge on any atom is -0.433 e. The zero-order chi connectivity index (χ0) is 14.0. The van der Waals surface area contributed by atoms with E-state index in [4.69, 9.17) is 22.1 Å². The smallest absolute Gasteiger partial charge is 0.418 e. The molecule has 1 aliphatic rings. The van der Waals surface area contributed by atoms with Gasteiger partial charge in [0.05, 0.1) is 6.04 Å². The van der Waals surface area contributed by atoms with E-state index in [9.17, 15) is 9.59 Å². The Hall–Kier alpha value is -1.59. The Morgan fingerprint density at radius 2 is 2.00 bits per heavy atom. The number of nitrogens with two attached hydrogens (primary N) is 1. The molecule has 2 atom stereocenters. The number of hydrogen-bond donors (Lipinski definition) is 1. The van der Waals surface area contributed by atoms with Crippen molar-refractivity contribution < 1.29 is 14.3 Å². The largest absolute Gasteiger partial charge is 0.433 e. The number of ether oxygens (including phenoxy) is 1. The molecule has 1 fully saturated rings. The molecule has 2 N–H and O–H groups in total. The lowest BCUT2D eigenvalue weighted by atomic mass is 10.1. The van der Waals surface area contributed by atoms with E-state index >= 15 is 0 Å². The van der Waals surface area contributed by atoms with Crippen molar-refractivity contribution in [1.82, 2.24) is 4.90 Å². The Morgan fingerprint density at radius 3 is 2.47 bits per heavy atom. The molecular formula is C13H15ClN2O3. The van der Waals surface area contributed by atoms with Gasteiger partial charge in [0.1, 0.15) is 0 Å². The molecule has 0 radical (unpaired) electrons. The summed E-state index contributed by atoms with van der Waals surface area (Å²) in [6.07, 6.45) is -0.159. The van der Waals surface area contributed by atoms with Crippen LogP contribution in [0.1, 0.15) is 22.3 Å². The van der Waals surface area contributed by atoms with E-state index in [1.807, 2.05) is 19.1 Å². The summed E-state index contributed by atoms with van der Waals surface area (Å²) < 4.78 is 4.70. The van der Waals surface area contributed by atoms with Gasteiger partial charge in [0, 0.05) is 11.6 Å². The van der Waals surface area contributed by atoms with Crippen molar-refractivity contribution in [2.24, 2.45) is 5.73 Å². The zero-order valence-electron chi connectivity index (χ0n) is 10.5. The Balaban J connectivity index is 2.20. The molecule has 0 aliphatic heterocycles. The summed E-state index contributed by atoms with van der Waals surface area (Å²) in [4.78, 5) is 25.2. The molecule has 0 bridgehead atoms. The molecule has 5 nitrogen and oxygen atoms in total. The lowest BCUT2D eigenvalue weighted by molar-refractivity contribution is 0.0678. The molecule has 1 aromatic carbocycles. The van der Waals surface area contributed by atoms with Crippen LogP contribution in [0.3, 0.4) is 0 Å². The molecule has 2 rings (SSSR count). The summed E-state index contributed by atoms with van der Waals surface area (Å²) >= 11 is 5.36. The van der Waals surface area contributed by atoms with Gasteiger partial charge in [-0.3, -0.25) is 4.79 Å². The first-order valence-electron chi connectivity index (χ1n) is 5.93. The molecule has 2 amide bonds. The van der Waals surface area contributed by atoms with Crippen LogP contribution in [0.2, 0.25) is 0 Å². The van der Waals surface area contributed by atoms with Crippen molar-refractivity contribution in [3.05, 3.63) is 35.4 Å². The fourth-order valence-corrected chi connectivity index (χ4v) is 1.91. The summed E-state index contributed by atoms with van der Waals surface area (Å²) in [5.41, 5.74) is 7.17.